The molecule has 0 spiro atoms. The Hall–Kier alpha value is -2.97. The lowest BCUT2D eigenvalue weighted by molar-refractivity contribution is 0.729. The van der Waals surface area contributed by atoms with Crippen LogP contribution in [0.4, 0.5) is 17.1 Å². The van der Waals surface area contributed by atoms with Crippen LogP contribution in [0.25, 0.3) is 0 Å². The molecule has 0 saturated carbocycles. The summed E-state index contributed by atoms with van der Waals surface area (Å²) >= 11 is 3.03. The summed E-state index contributed by atoms with van der Waals surface area (Å²) in [6.45, 7) is 0. The molecule has 4 N–H and O–H groups in total. The van der Waals surface area contributed by atoms with Crippen molar-refractivity contribution in [3.8, 4) is 0 Å². The molecule has 1 aliphatic heterocycles. The summed E-state index contributed by atoms with van der Waals surface area (Å²) in [5.41, 5.74) is 11.1. The highest BCUT2D eigenvalue weighted by Crippen LogP contribution is 2.47. The van der Waals surface area contributed by atoms with Crippen LogP contribution in [0.15, 0.2) is 87.2 Å². The molecule has 2 unspecified atom stereocenters. The molecule has 1 aromatic heterocycles. The molecular formula is C20H18N6S2. The van der Waals surface area contributed by atoms with Gasteiger partial charge in [0, 0.05) is 11.1 Å². The van der Waals surface area contributed by atoms with Gasteiger partial charge >= 0.3 is 0 Å². The van der Waals surface area contributed by atoms with Crippen molar-refractivity contribution >= 4 is 46.0 Å². The molecule has 0 fully saturated rings. The predicted molar refractivity (Wildman–Crippen MR) is 117 cm³/mol. The maximum absolute atomic E-state index is 8.22. The molecule has 2 atom stereocenters. The van der Waals surface area contributed by atoms with Crippen LogP contribution in [0.3, 0.4) is 0 Å². The zero-order chi connectivity index (χ0) is 19.4. The molecule has 0 aliphatic carbocycles. The third kappa shape index (κ3) is 3.69. The van der Waals surface area contributed by atoms with Gasteiger partial charge in [0.15, 0.2) is 4.87 Å². The van der Waals surface area contributed by atoms with Gasteiger partial charge < -0.3 is 11.1 Å². The first-order valence-corrected chi connectivity index (χ1v) is 10.4. The largest absolute Gasteiger partial charge is 0.385 e. The number of nitrogens with one attached hydrogen (secondary N) is 2. The Morgan fingerprint density at radius 2 is 1.79 bits per heavy atom. The molecule has 2 aromatic carbocycles. The lowest BCUT2D eigenvalue weighted by Crippen LogP contribution is -2.49. The van der Waals surface area contributed by atoms with Crippen molar-refractivity contribution in [2.75, 3.05) is 5.32 Å². The minimum Gasteiger partial charge on any atom is -0.385 e. The number of thiazole rings is 1. The van der Waals surface area contributed by atoms with Crippen LogP contribution >= 0.6 is 23.1 Å². The quantitative estimate of drug-likeness (QED) is 0.280. The van der Waals surface area contributed by atoms with Crippen molar-refractivity contribution < 1.29 is 0 Å². The van der Waals surface area contributed by atoms with E-state index in [4.69, 9.17) is 11.1 Å². The standard InChI is InChI=1S/C20H18N6S2/c21-19(22)20(17(10-11-28-20)18-12-27-13-23-18)24-14-6-8-16(9-7-14)26-25-15-4-2-1-3-5-15/h1-13,17,24H,(H3,21,22). The lowest BCUT2D eigenvalue weighted by Gasteiger charge is -2.34. The fourth-order valence-electron chi connectivity index (χ4n) is 2.96. The second-order valence-corrected chi connectivity index (χ2v) is 8.06. The Bertz CT molecular complexity index is 999. The van der Waals surface area contributed by atoms with Gasteiger partial charge in [-0.1, -0.05) is 36.0 Å². The van der Waals surface area contributed by atoms with E-state index >= 15 is 0 Å². The highest BCUT2D eigenvalue weighted by atomic mass is 32.2. The Labute approximate surface area is 171 Å². The highest BCUT2D eigenvalue weighted by molar-refractivity contribution is 8.04. The number of rotatable bonds is 6. The van der Waals surface area contributed by atoms with Crippen LogP contribution in [0.5, 0.6) is 0 Å². The summed E-state index contributed by atoms with van der Waals surface area (Å²) in [5.74, 6) is -0.0490. The number of nitrogens with zero attached hydrogens (tertiary/aromatic N) is 3. The molecule has 28 heavy (non-hydrogen) atoms. The topological polar surface area (TPSA) is 99.5 Å². The van der Waals surface area contributed by atoms with Crippen molar-refractivity contribution in [2.45, 2.75) is 10.8 Å². The lowest BCUT2D eigenvalue weighted by atomic mass is 9.95. The van der Waals surface area contributed by atoms with Crippen molar-refractivity contribution in [1.82, 2.24) is 4.98 Å². The molecule has 0 radical (unpaired) electrons. The molecule has 0 bridgehead atoms. The van der Waals surface area contributed by atoms with Crippen molar-refractivity contribution in [3.05, 3.63) is 82.7 Å². The minimum atomic E-state index is -0.791. The van der Waals surface area contributed by atoms with Gasteiger partial charge in [0.2, 0.25) is 0 Å². The summed E-state index contributed by atoms with van der Waals surface area (Å²) in [4.78, 5) is 3.63. The number of nitrogens with two attached hydrogens (primary N) is 1. The molecule has 2 heterocycles. The average Bonchev–Trinajstić information content (AvgIpc) is 3.38. The first-order chi connectivity index (χ1) is 13.7. The van der Waals surface area contributed by atoms with Crippen LogP contribution in [-0.2, 0) is 0 Å². The summed E-state index contributed by atoms with van der Waals surface area (Å²) in [6.07, 6.45) is 2.04. The van der Waals surface area contributed by atoms with E-state index in [1.54, 1.807) is 5.51 Å². The summed E-state index contributed by atoms with van der Waals surface area (Å²) in [5, 5.41) is 24.1. The second-order valence-electron chi connectivity index (χ2n) is 6.19. The van der Waals surface area contributed by atoms with Gasteiger partial charge in [-0.3, -0.25) is 5.41 Å². The molecule has 6 nitrogen and oxygen atoms in total. The smallest absolute Gasteiger partial charge is 0.157 e. The zero-order valence-electron chi connectivity index (χ0n) is 14.8. The highest BCUT2D eigenvalue weighted by Gasteiger charge is 2.46. The van der Waals surface area contributed by atoms with Crippen molar-refractivity contribution in [2.24, 2.45) is 16.0 Å². The van der Waals surface area contributed by atoms with E-state index < -0.39 is 4.87 Å². The predicted octanol–water partition coefficient (Wildman–Crippen LogP) is 5.65. The third-order valence-electron chi connectivity index (χ3n) is 4.37. The number of azo groups is 1. The van der Waals surface area contributed by atoms with Gasteiger partial charge in [0.1, 0.15) is 5.84 Å². The van der Waals surface area contributed by atoms with Gasteiger partial charge in [-0.2, -0.15) is 10.2 Å². The van der Waals surface area contributed by atoms with Crippen LogP contribution in [0, 0.1) is 5.41 Å². The first kappa shape index (κ1) is 18.4. The molecule has 3 aromatic rings. The molecular weight excluding hydrogens is 388 g/mol. The monoisotopic (exact) mass is 406 g/mol. The van der Waals surface area contributed by atoms with E-state index in [1.165, 1.54) is 23.1 Å². The average molecular weight is 407 g/mol. The van der Waals surface area contributed by atoms with E-state index in [1.807, 2.05) is 71.5 Å². The molecule has 4 rings (SSSR count). The van der Waals surface area contributed by atoms with Gasteiger partial charge in [-0.25, -0.2) is 4.98 Å². The van der Waals surface area contributed by atoms with Gasteiger partial charge in [0.05, 0.1) is 28.5 Å². The van der Waals surface area contributed by atoms with Crippen LogP contribution in [0.1, 0.15) is 11.6 Å². The number of hydrogen-bond acceptors (Lipinski definition) is 7. The molecule has 0 saturated heterocycles. The summed E-state index contributed by atoms with van der Waals surface area (Å²) in [7, 11) is 0. The molecule has 1 aliphatic rings. The van der Waals surface area contributed by atoms with Gasteiger partial charge in [-0.15, -0.1) is 11.3 Å². The number of hydrogen-bond donors (Lipinski definition) is 3. The maximum Gasteiger partial charge on any atom is 0.157 e. The number of anilines is 1. The third-order valence-corrected chi connectivity index (χ3v) is 6.21. The van der Waals surface area contributed by atoms with Crippen LogP contribution in [0.2, 0.25) is 0 Å². The molecule has 0 amide bonds. The number of thioether (sulfide) groups is 1. The zero-order valence-corrected chi connectivity index (χ0v) is 16.5. The van der Waals surface area contributed by atoms with E-state index in [2.05, 4.69) is 20.5 Å². The SMILES string of the molecule is N=C(N)C1(Nc2ccc(N=Nc3ccccc3)cc2)SC=CC1c1cscn1. The van der Waals surface area contributed by atoms with E-state index in [9.17, 15) is 0 Å². The normalized spacial score (nSPS) is 21.2. The number of aromatic nitrogens is 1. The fraction of sp³-hybridized carbons (Fsp3) is 0.100. The summed E-state index contributed by atoms with van der Waals surface area (Å²) in [6, 6.07) is 17.2. The fourth-order valence-corrected chi connectivity index (χ4v) is 4.65. The van der Waals surface area contributed by atoms with Gasteiger partial charge in [0.25, 0.3) is 0 Å². The van der Waals surface area contributed by atoms with Gasteiger partial charge in [-0.05, 0) is 41.8 Å². The second kappa shape index (κ2) is 7.95. The van der Waals surface area contributed by atoms with Crippen LogP contribution < -0.4 is 11.1 Å². The summed E-state index contributed by atoms with van der Waals surface area (Å²) < 4.78 is 0. The van der Waals surface area contributed by atoms with Crippen LogP contribution in [-0.4, -0.2) is 15.7 Å². The Morgan fingerprint density at radius 3 is 2.43 bits per heavy atom. The van der Waals surface area contributed by atoms with Crippen molar-refractivity contribution in [1.29, 1.82) is 5.41 Å². The Kier molecular flexibility index (Phi) is 5.23. The molecule has 140 valence electrons. The first-order valence-electron chi connectivity index (χ1n) is 8.59. The van der Waals surface area contributed by atoms with E-state index in [-0.39, 0.29) is 11.8 Å². The molecule has 8 heteroatoms. The van der Waals surface area contributed by atoms with Crippen molar-refractivity contribution in [3.63, 3.8) is 0 Å². The van der Waals surface area contributed by atoms with E-state index in [0.29, 0.717) is 0 Å². The van der Waals surface area contributed by atoms with E-state index in [0.717, 1.165) is 22.8 Å². The Morgan fingerprint density at radius 1 is 1.07 bits per heavy atom. The number of amidine groups is 1. The maximum atomic E-state index is 8.22. The minimum absolute atomic E-state index is 0.0633. The number of benzene rings is 2. The Balaban J connectivity index is 1.54.